The Hall–Kier alpha value is -6.53. The Morgan fingerprint density at radius 2 is 1.42 bits per heavy atom. The van der Waals surface area contributed by atoms with Crippen molar-refractivity contribution >= 4 is 64.3 Å². The van der Waals surface area contributed by atoms with Crippen LogP contribution in [0, 0.1) is 0 Å². The number of carbonyl (C=O) groups excluding carboxylic acids is 3. The molecule has 0 radical (unpaired) electrons. The monoisotopic (exact) mass is 1160 g/mol. The zero-order chi connectivity index (χ0) is 57.8. The third-order valence-corrected chi connectivity index (χ3v) is 14.3. The third kappa shape index (κ3) is 20.2. The van der Waals surface area contributed by atoms with Gasteiger partial charge in [0.15, 0.2) is 16.8 Å². The van der Waals surface area contributed by atoms with Gasteiger partial charge in [0.1, 0.15) is 12.4 Å². The fourth-order valence-electron chi connectivity index (χ4n) is 8.51. The maximum atomic E-state index is 14.0. The molecule has 81 heavy (non-hydrogen) atoms. The molecule has 2 heterocycles. The standard InChI is InChI=1S/C58H75N6O15PS/c1-3-28-76-57-49(65)22-21-47-50(66)40-51(79-56(47)57)42-17-19-43(20-18-42)58(69)62-26-30-71-32-34-73-36-38-75-39-37-74-35-33-72-31-27-64(60)55-46-15-9-10-16-48(46)63(41-44-13-7-8-14-45(44)54(55)59)53(68)24-23-52(67)61-25-11-5-6-12-29-78-80(70,81)77-4-2/h3,7-10,13-22,40,65H,1,4-6,11-12,23-39,41,59-60H2,2H3,(H,61,67)(H,62,69)(H,70,81)/b55-54-. The zero-order valence-electron chi connectivity index (χ0n) is 45.8. The summed E-state index contributed by atoms with van der Waals surface area (Å²) in [6.07, 6.45) is 4.71. The van der Waals surface area contributed by atoms with Gasteiger partial charge in [-0.05, 0) is 67.5 Å². The Balaban J connectivity index is 0.810. The van der Waals surface area contributed by atoms with E-state index in [1.807, 2.05) is 48.5 Å². The Labute approximate surface area is 477 Å². The second-order valence-corrected chi connectivity index (χ2v) is 21.2. The molecular weight excluding hydrogens is 1080 g/mol. The minimum Gasteiger partial charge on any atom is -0.504 e. The number of nitrogens with zero attached hydrogens (tertiary/aromatic N) is 2. The SMILES string of the molecule is C=CCOc1c(O)ccc2c(=O)cc(-c3ccc(C(=O)NCCOCCOCCOCCOCCOCCN(N)/C4=C(\N)c5ccccc5CN(C(=O)CCC(=O)NCCCCCCOP(O)(=S)OCC)c5ccccc54)cc3)oc12. The van der Waals surface area contributed by atoms with E-state index in [0.717, 1.165) is 30.4 Å². The number of hydrogen-bond acceptors (Lipinski definition) is 18. The molecule has 1 aliphatic rings. The smallest absolute Gasteiger partial charge is 0.324 e. The number of hydrazine groups is 1. The lowest BCUT2D eigenvalue weighted by molar-refractivity contribution is -0.125. The molecule has 0 spiro atoms. The number of amides is 3. The van der Waals surface area contributed by atoms with E-state index in [4.69, 9.17) is 65.3 Å². The minimum atomic E-state index is -3.17. The molecule has 3 amide bonds. The number of hydrogen-bond donors (Lipinski definition) is 6. The first-order valence-electron chi connectivity index (χ1n) is 27.0. The molecule has 4 aromatic carbocycles. The van der Waals surface area contributed by atoms with E-state index in [9.17, 15) is 29.2 Å². The van der Waals surface area contributed by atoms with Gasteiger partial charge >= 0.3 is 6.72 Å². The summed E-state index contributed by atoms with van der Waals surface area (Å²) >= 11 is 4.93. The number of nitrogens with two attached hydrogens (primary N) is 2. The summed E-state index contributed by atoms with van der Waals surface area (Å²) in [7, 11) is 0. The Kier molecular flexibility index (Phi) is 26.7. The molecule has 1 aliphatic heterocycles. The summed E-state index contributed by atoms with van der Waals surface area (Å²) in [5.41, 5.74) is 11.6. The Morgan fingerprint density at radius 3 is 2.11 bits per heavy atom. The molecule has 8 N–H and O–H groups in total. The molecule has 1 aromatic heterocycles. The van der Waals surface area contributed by atoms with Crippen molar-refractivity contribution in [2.24, 2.45) is 11.6 Å². The van der Waals surface area contributed by atoms with Crippen LogP contribution >= 0.6 is 6.72 Å². The molecule has 21 nitrogen and oxygen atoms in total. The first-order chi connectivity index (χ1) is 39.3. The number of carbonyl (C=O) groups is 3. The number of fused-ring (bicyclic) bond motifs is 3. The first kappa shape index (κ1) is 63.6. The van der Waals surface area contributed by atoms with Gasteiger partial charge in [-0.2, -0.15) is 0 Å². The lowest BCUT2D eigenvalue weighted by Crippen LogP contribution is -2.38. The van der Waals surface area contributed by atoms with Gasteiger partial charge in [0.05, 0.1) is 115 Å². The van der Waals surface area contributed by atoms with Crippen molar-refractivity contribution in [3.63, 3.8) is 0 Å². The predicted molar refractivity (Wildman–Crippen MR) is 312 cm³/mol. The average molecular weight is 1160 g/mol. The number of benzene rings is 4. The number of phenolic OH excluding ortho intramolecular Hbond substituents is 1. The van der Waals surface area contributed by atoms with Crippen molar-refractivity contribution < 1.29 is 66.3 Å². The van der Waals surface area contributed by atoms with E-state index in [1.165, 1.54) is 29.3 Å². The molecule has 1 atom stereocenters. The van der Waals surface area contributed by atoms with Gasteiger partial charge in [0, 0.05) is 54.3 Å². The first-order valence-corrected chi connectivity index (χ1v) is 29.6. The van der Waals surface area contributed by atoms with Crippen LogP contribution in [0.5, 0.6) is 11.5 Å². The van der Waals surface area contributed by atoms with Crippen LogP contribution in [0.25, 0.3) is 33.7 Å². The number of phenols is 1. The lowest BCUT2D eigenvalue weighted by Gasteiger charge is -2.33. The van der Waals surface area contributed by atoms with E-state index in [2.05, 4.69) is 17.2 Å². The van der Waals surface area contributed by atoms with Gasteiger partial charge in [-0.25, -0.2) is 5.84 Å². The maximum Gasteiger partial charge on any atom is 0.324 e. The van der Waals surface area contributed by atoms with Crippen molar-refractivity contribution in [3.8, 4) is 22.8 Å². The molecule has 0 saturated carbocycles. The van der Waals surface area contributed by atoms with Crippen molar-refractivity contribution in [1.82, 2.24) is 15.6 Å². The molecular formula is C58H75N6O15PS. The van der Waals surface area contributed by atoms with Crippen LogP contribution in [0.15, 0.2) is 113 Å². The third-order valence-electron chi connectivity index (χ3n) is 12.5. The van der Waals surface area contributed by atoms with Gasteiger partial charge in [0.25, 0.3) is 5.91 Å². The summed E-state index contributed by atoms with van der Waals surface area (Å²) in [6, 6.07) is 25.8. The van der Waals surface area contributed by atoms with Crippen LogP contribution in [0.2, 0.25) is 0 Å². The number of aromatic hydroxyl groups is 1. The number of rotatable bonds is 37. The summed E-state index contributed by atoms with van der Waals surface area (Å²) in [5.74, 6) is 6.16. The fraction of sp³-hybridized carbons (Fsp3) is 0.414. The van der Waals surface area contributed by atoms with Crippen molar-refractivity contribution in [1.29, 1.82) is 0 Å². The van der Waals surface area contributed by atoms with E-state index in [0.29, 0.717) is 113 Å². The van der Waals surface area contributed by atoms with Gasteiger partial charge in [-0.15, -0.1) is 0 Å². The number of unbranched alkanes of at least 4 members (excludes halogenated alkanes) is 3. The van der Waals surface area contributed by atoms with E-state index < -0.39 is 6.72 Å². The molecule has 1 unspecified atom stereocenters. The molecule has 0 bridgehead atoms. The van der Waals surface area contributed by atoms with E-state index in [-0.39, 0.29) is 104 Å². The van der Waals surface area contributed by atoms with Crippen LogP contribution in [0.4, 0.5) is 5.69 Å². The molecule has 438 valence electrons. The second-order valence-electron chi connectivity index (χ2n) is 18.4. The summed E-state index contributed by atoms with van der Waals surface area (Å²) < 4.78 is 50.2. The van der Waals surface area contributed by atoms with Gasteiger partial charge in [-0.1, -0.05) is 80.1 Å². The lowest BCUT2D eigenvalue weighted by atomic mass is 9.95. The van der Waals surface area contributed by atoms with Gasteiger partial charge in [-0.3, -0.25) is 19.2 Å². The van der Waals surface area contributed by atoms with Crippen LogP contribution in [0.3, 0.4) is 0 Å². The van der Waals surface area contributed by atoms with Gasteiger partial charge in [0.2, 0.25) is 17.6 Å². The normalized spacial score (nSPS) is 13.8. The predicted octanol–water partition coefficient (Wildman–Crippen LogP) is 6.78. The Morgan fingerprint density at radius 1 is 0.778 bits per heavy atom. The summed E-state index contributed by atoms with van der Waals surface area (Å²) in [5, 5.41) is 17.8. The van der Waals surface area contributed by atoms with Crippen LogP contribution < -0.4 is 37.3 Å². The molecule has 0 fully saturated rings. The molecule has 5 aromatic rings. The highest BCUT2D eigenvalue weighted by Gasteiger charge is 2.28. The highest BCUT2D eigenvalue weighted by Crippen LogP contribution is 2.43. The van der Waals surface area contributed by atoms with Crippen LogP contribution in [-0.4, -0.2) is 138 Å². The summed E-state index contributed by atoms with van der Waals surface area (Å²) in [6.45, 7) is 7.60. The number of anilines is 1. The highest BCUT2D eigenvalue weighted by atomic mass is 32.5. The molecule has 0 aliphatic carbocycles. The second kappa shape index (κ2) is 34.0. The average Bonchev–Trinajstić information content (AvgIpc) is 3.50. The quantitative estimate of drug-likeness (QED) is 0.00786. The Bertz CT molecular complexity index is 2980. The molecule has 0 saturated heterocycles. The van der Waals surface area contributed by atoms with Crippen molar-refractivity contribution in [2.75, 3.05) is 110 Å². The summed E-state index contributed by atoms with van der Waals surface area (Å²) in [4.78, 5) is 64.0. The highest BCUT2D eigenvalue weighted by molar-refractivity contribution is 8.07. The number of nitrogens with one attached hydrogen (secondary N) is 2. The largest absolute Gasteiger partial charge is 0.504 e. The van der Waals surface area contributed by atoms with Crippen molar-refractivity contribution in [3.05, 3.63) is 136 Å². The van der Waals surface area contributed by atoms with Gasteiger partial charge < -0.3 is 78.2 Å². The molecule has 23 heteroatoms. The van der Waals surface area contributed by atoms with Crippen molar-refractivity contribution in [2.45, 2.75) is 52.0 Å². The van der Waals surface area contributed by atoms with Crippen LogP contribution in [-0.2, 0) is 60.7 Å². The van der Waals surface area contributed by atoms with E-state index in [1.54, 1.807) is 36.1 Å². The number of para-hydroxylation sites is 1. The topological polar surface area (TPSA) is 278 Å². The fourth-order valence-corrected chi connectivity index (χ4v) is 9.81. The maximum absolute atomic E-state index is 14.0. The van der Waals surface area contributed by atoms with E-state index >= 15 is 0 Å². The zero-order valence-corrected chi connectivity index (χ0v) is 47.5. The minimum absolute atomic E-state index is 0.000138. The molecule has 6 rings (SSSR count). The number of ether oxygens (including phenoxy) is 6. The van der Waals surface area contributed by atoms with Crippen LogP contribution in [0.1, 0.15) is 72.5 Å².